The van der Waals surface area contributed by atoms with Crippen molar-refractivity contribution in [3.8, 4) is 0 Å². The van der Waals surface area contributed by atoms with Crippen LogP contribution in [0.5, 0.6) is 0 Å². The third-order valence-electron chi connectivity index (χ3n) is 3.67. The number of benzene rings is 1. The normalized spacial score (nSPS) is 18.4. The van der Waals surface area contributed by atoms with E-state index in [2.05, 4.69) is 10.6 Å². The molecular formula is C16H21N3O3. The Morgan fingerprint density at radius 1 is 1.32 bits per heavy atom. The van der Waals surface area contributed by atoms with Crippen LogP contribution >= 0.6 is 0 Å². The van der Waals surface area contributed by atoms with Crippen LogP contribution in [0.4, 0.5) is 5.69 Å². The van der Waals surface area contributed by atoms with E-state index in [0.29, 0.717) is 18.8 Å². The molecule has 1 heterocycles. The van der Waals surface area contributed by atoms with E-state index < -0.39 is 0 Å². The zero-order chi connectivity index (χ0) is 16.1. The molecule has 0 unspecified atom stereocenters. The van der Waals surface area contributed by atoms with E-state index in [9.17, 15) is 14.4 Å². The maximum Gasteiger partial charge on any atom is 0.233 e. The highest BCUT2D eigenvalue weighted by atomic mass is 16.2. The Labute approximate surface area is 129 Å². The van der Waals surface area contributed by atoms with Crippen LogP contribution in [0, 0.1) is 6.92 Å². The highest BCUT2D eigenvalue weighted by molar-refractivity contribution is 6.03. The molecule has 6 nitrogen and oxygen atoms in total. The molecule has 1 fully saturated rings. The predicted molar refractivity (Wildman–Crippen MR) is 83.2 cm³/mol. The van der Waals surface area contributed by atoms with Crippen molar-refractivity contribution >= 4 is 23.4 Å². The number of hydrogen-bond donors (Lipinski definition) is 2. The van der Waals surface area contributed by atoms with Gasteiger partial charge in [-0.3, -0.25) is 14.4 Å². The standard InChI is InChI=1S/C16H21N3O3/c1-11-3-5-13(6-4-11)18-15(21)9-16(22)19-8-7-14(20)17-10-12(19)2/h3-6,12H,7-10H2,1-2H3,(H,17,20)(H,18,21)/t12-/m0/s1. The minimum atomic E-state index is -0.343. The van der Waals surface area contributed by atoms with Gasteiger partial charge in [-0.2, -0.15) is 0 Å². The highest BCUT2D eigenvalue weighted by Crippen LogP contribution is 2.11. The second kappa shape index (κ2) is 7.06. The lowest BCUT2D eigenvalue weighted by molar-refractivity contribution is -0.136. The second-order valence-corrected chi connectivity index (χ2v) is 5.58. The number of carbonyl (C=O) groups excluding carboxylic acids is 3. The minimum absolute atomic E-state index is 0.0637. The van der Waals surface area contributed by atoms with Crippen LogP contribution in [0.15, 0.2) is 24.3 Å². The van der Waals surface area contributed by atoms with Crippen LogP contribution in [-0.2, 0) is 14.4 Å². The summed E-state index contributed by atoms with van der Waals surface area (Å²) in [7, 11) is 0. The summed E-state index contributed by atoms with van der Waals surface area (Å²) in [4.78, 5) is 37.2. The molecule has 3 amide bonds. The van der Waals surface area contributed by atoms with E-state index in [4.69, 9.17) is 0 Å². The number of nitrogens with one attached hydrogen (secondary N) is 2. The van der Waals surface area contributed by atoms with E-state index in [1.165, 1.54) is 0 Å². The highest BCUT2D eigenvalue weighted by Gasteiger charge is 2.25. The first kappa shape index (κ1) is 16.0. The van der Waals surface area contributed by atoms with Gasteiger partial charge in [0.1, 0.15) is 6.42 Å². The van der Waals surface area contributed by atoms with Gasteiger partial charge in [-0.05, 0) is 26.0 Å². The van der Waals surface area contributed by atoms with Crippen molar-refractivity contribution in [2.24, 2.45) is 0 Å². The summed E-state index contributed by atoms with van der Waals surface area (Å²) in [5.74, 6) is -0.663. The molecule has 0 aromatic heterocycles. The molecule has 0 saturated carbocycles. The number of amides is 3. The third-order valence-corrected chi connectivity index (χ3v) is 3.67. The van der Waals surface area contributed by atoms with Crippen molar-refractivity contribution in [1.82, 2.24) is 10.2 Å². The Kier molecular flexibility index (Phi) is 5.14. The lowest BCUT2D eigenvalue weighted by atomic mass is 10.2. The number of rotatable bonds is 3. The van der Waals surface area contributed by atoms with Gasteiger partial charge in [0.2, 0.25) is 17.7 Å². The topological polar surface area (TPSA) is 78.5 Å². The molecule has 22 heavy (non-hydrogen) atoms. The molecule has 1 atom stereocenters. The Morgan fingerprint density at radius 3 is 2.68 bits per heavy atom. The molecular weight excluding hydrogens is 282 g/mol. The zero-order valence-corrected chi connectivity index (χ0v) is 12.9. The number of nitrogens with zero attached hydrogens (tertiary/aromatic N) is 1. The Balaban J connectivity index is 1.91. The summed E-state index contributed by atoms with van der Waals surface area (Å²) in [5, 5.41) is 5.45. The van der Waals surface area contributed by atoms with Crippen molar-refractivity contribution in [1.29, 1.82) is 0 Å². The largest absolute Gasteiger partial charge is 0.354 e. The monoisotopic (exact) mass is 303 g/mol. The van der Waals surface area contributed by atoms with E-state index in [1.807, 2.05) is 26.0 Å². The summed E-state index contributed by atoms with van der Waals surface area (Å²) in [5.41, 5.74) is 1.77. The maximum absolute atomic E-state index is 12.2. The molecule has 2 rings (SSSR count). The lowest BCUT2D eigenvalue weighted by Crippen LogP contribution is -2.43. The smallest absolute Gasteiger partial charge is 0.233 e. The van der Waals surface area contributed by atoms with Gasteiger partial charge in [-0.25, -0.2) is 0 Å². The average molecular weight is 303 g/mol. The molecule has 2 N–H and O–H groups in total. The summed E-state index contributed by atoms with van der Waals surface area (Å²) in [6.45, 7) is 4.60. The van der Waals surface area contributed by atoms with E-state index in [-0.39, 0.29) is 36.6 Å². The summed E-state index contributed by atoms with van der Waals surface area (Å²) in [6.07, 6.45) is 0.0576. The Morgan fingerprint density at radius 2 is 2.00 bits per heavy atom. The second-order valence-electron chi connectivity index (χ2n) is 5.58. The lowest BCUT2D eigenvalue weighted by Gasteiger charge is -2.26. The van der Waals surface area contributed by atoms with Gasteiger partial charge >= 0.3 is 0 Å². The van der Waals surface area contributed by atoms with Crippen LogP contribution in [-0.4, -0.2) is 41.8 Å². The van der Waals surface area contributed by atoms with Gasteiger partial charge in [0.15, 0.2) is 0 Å². The van der Waals surface area contributed by atoms with Gasteiger partial charge in [0.05, 0.1) is 0 Å². The van der Waals surface area contributed by atoms with Crippen molar-refractivity contribution in [3.63, 3.8) is 0 Å². The average Bonchev–Trinajstić information content (AvgIpc) is 2.63. The van der Waals surface area contributed by atoms with Gasteiger partial charge < -0.3 is 15.5 Å². The number of anilines is 1. The molecule has 0 aliphatic carbocycles. The van der Waals surface area contributed by atoms with Crippen molar-refractivity contribution < 1.29 is 14.4 Å². The fourth-order valence-electron chi connectivity index (χ4n) is 2.35. The Bertz CT molecular complexity index is 569. The van der Waals surface area contributed by atoms with Gasteiger partial charge in [-0.15, -0.1) is 0 Å². The Hall–Kier alpha value is -2.37. The molecule has 0 bridgehead atoms. The summed E-state index contributed by atoms with van der Waals surface area (Å²) >= 11 is 0. The third kappa shape index (κ3) is 4.31. The molecule has 1 aliphatic heterocycles. The summed E-state index contributed by atoms with van der Waals surface area (Å²) in [6, 6.07) is 7.28. The number of hydrogen-bond acceptors (Lipinski definition) is 3. The van der Waals surface area contributed by atoms with E-state index in [0.717, 1.165) is 5.56 Å². The first-order valence-electron chi connectivity index (χ1n) is 7.38. The summed E-state index contributed by atoms with van der Waals surface area (Å²) < 4.78 is 0. The number of aryl methyl sites for hydroxylation is 1. The molecule has 0 spiro atoms. The predicted octanol–water partition coefficient (Wildman–Crippen LogP) is 1.06. The first-order valence-corrected chi connectivity index (χ1v) is 7.38. The van der Waals surface area contributed by atoms with Gasteiger partial charge in [0.25, 0.3) is 0 Å². The zero-order valence-electron chi connectivity index (χ0n) is 12.9. The molecule has 118 valence electrons. The fourth-order valence-corrected chi connectivity index (χ4v) is 2.35. The van der Waals surface area contributed by atoms with Crippen molar-refractivity contribution in [3.05, 3.63) is 29.8 Å². The number of carbonyl (C=O) groups is 3. The van der Waals surface area contributed by atoms with Crippen LogP contribution < -0.4 is 10.6 Å². The maximum atomic E-state index is 12.2. The quantitative estimate of drug-likeness (QED) is 0.820. The SMILES string of the molecule is Cc1ccc(NC(=O)CC(=O)N2CCC(=O)NC[C@@H]2C)cc1. The van der Waals surface area contributed by atoms with Crippen molar-refractivity contribution in [2.75, 3.05) is 18.4 Å². The van der Waals surface area contributed by atoms with Gasteiger partial charge in [0, 0.05) is 31.2 Å². The molecule has 1 aliphatic rings. The minimum Gasteiger partial charge on any atom is -0.354 e. The van der Waals surface area contributed by atoms with Crippen molar-refractivity contribution in [2.45, 2.75) is 32.7 Å². The first-order chi connectivity index (χ1) is 10.5. The van der Waals surface area contributed by atoms with E-state index >= 15 is 0 Å². The molecule has 1 aromatic carbocycles. The molecule has 6 heteroatoms. The molecule has 0 radical (unpaired) electrons. The van der Waals surface area contributed by atoms with Crippen LogP contribution in [0.3, 0.4) is 0 Å². The van der Waals surface area contributed by atoms with E-state index in [1.54, 1.807) is 17.0 Å². The van der Waals surface area contributed by atoms with Crippen LogP contribution in [0.2, 0.25) is 0 Å². The van der Waals surface area contributed by atoms with Crippen LogP contribution in [0.1, 0.15) is 25.3 Å². The molecule has 1 saturated heterocycles. The van der Waals surface area contributed by atoms with Gasteiger partial charge in [-0.1, -0.05) is 17.7 Å². The van der Waals surface area contributed by atoms with Crippen LogP contribution in [0.25, 0.3) is 0 Å². The fraction of sp³-hybridized carbons (Fsp3) is 0.438. The molecule has 1 aromatic rings.